The molecule has 1 N–H and O–H groups in total. The first-order valence-electron chi connectivity index (χ1n) is 8.13. The Morgan fingerprint density at radius 1 is 1.30 bits per heavy atom. The average Bonchev–Trinajstić information content (AvgIpc) is 2.99. The highest BCUT2D eigenvalue weighted by Gasteiger charge is 2.19. The molecule has 0 aliphatic heterocycles. The lowest BCUT2D eigenvalue weighted by Gasteiger charge is -2.10. The molecule has 140 valence electrons. The van der Waals surface area contributed by atoms with Gasteiger partial charge < -0.3 is 10.1 Å². The number of nitro groups is 1. The van der Waals surface area contributed by atoms with Crippen LogP contribution in [0.1, 0.15) is 17.0 Å². The Morgan fingerprint density at radius 3 is 2.63 bits per heavy atom. The maximum Gasteiger partial charge on any atom is 0.295 e. The van der Waals surface area contributed by atoms with Gasteiger partial charge >= 0.3 is 0 Å². The number of anilines is 1. The second-order valence-electron chi connectivity index (χ2n) is 5.98. The van der Waals surface area contributed by atoms with Crippen molar-refractivity contribution in [1.29, 1.82) is 0 Å². The van der Waals surface area contributed by atoms with E-state index in [1.807, 2.05) is 32.0 Å². The molecule has 0 saturated heterocycles. The summed E-state index contributed by atoms with van der Waals surface area (Å²) in [5.41, 5.74) is 2.48. The quantitative estimate of drug-likeness (QED) is 0.526. The Hall–Kier alpha value is -3.49. The molecule has 3 rings (SSSR count). The zero-order valence-electron chi connectivity index (χ0n) is 15.1. The summed E-state index contributed by atoms with van der Waals surface area (Å²) in [6.45, 7) is 4.13. The predicted octanol–water partition coefficient (Wildman–Crippen LogP) is 3.55. The van der Waals surface area contributed by atoms with Crippen LogP contribution in [0.4, 0.5) is 15.8 Å². The van der Waals surface area contributed by atoms with E-state index in [1.165, 1.54) is 13.2 Å². The summed E-state index contributed by atoms with van der Waals surface area (Å²) in [6.07, 6.45) is 1.66. The number of benzene rings is 1. The minimum atomic E-state index is -0.786. The van der Waals surface area contributed by atoms with Gasteiger partial charge in [0.15, 0.2) is 17.4 Å². The van der Waals surface area contributed by atoms with Crippen molar-refractivity contribution in [3.63, 3.8) is 0 Å². The van der Waals surface area contributed by atoms with E-state index in [-0.39, 0.29) is 23.7 Å². The molecular weight excluding hydrogens is 353 g/mol. The van der Waals surface area contributed by atoms with Crippen molar-refractivity contribution >= 4 is 11.4 Å². The fraction of sp³-hybridized carbons (Fsp3) is 0.222. The SMILES string of the molecule is COc1cc(NCc2ccc(-n3nc(C)cc3C)nc2)c([N+](=O)[O-])cc1F. The predicted molar refractivity (Wildman–Crippen MR) is 97.8 cm³/mol. The molecule has 8 nitrogen and oxygen atoms in total. The fourth-order valence-corrected chi connectivity index (χ4v) is 2.70. The van der Waals surface area contributed by atoms with Crippen LogP contribution in [-0.4, -0.2) is 26.8 Å². The Bertz CT molecular complexity index is 985. The molecule has 9 heteroatoms. The largest absolute Gasteiger partial charge is 0.494 e. The third kappa shape index (κ3) is 3.86. The maximum atomic E-state index is 13.7. The molecular formula is C18H18FN5O3. The normalized spacial score (nSPS) is 10.7. The lowest BCUT2D eigenvalue weighted by Crippen LogP contribution is -2.06. The van der Waals surface area contributed by atoms with E-state index >= 15 is 0 Å². The van der Waals surface area contributed by atoms with Crippen LogP contribution in [0.3, 0.4) is 0 Å². The summed E-state index contributed by atoms with van der Waals surface area (Å²) >= 11 is 0. The number of ether oxygens (including phenoxy) is 1. The van der Waals surface area contributed by atoms with Gasteiger partial charge in [0.05, 0.1) is 23.8 Å². The molecule has 1 aromatic carbocycles. The number of aromatic nitrogens is 3. The van der Waals surface area contributed by atoms with Crippen molar-refractivity contribution < 1.29 is 14.1 Å². The molecule has 0 fully saturated rings. The highest BCUT2D eigenvalue weighted by Crippen LogP contribution is 2.32. The molecule has 27 heavy (non-hydrogen) atoms. The van der Waals surface area contributed by atoms with Gasteiger partial charge in [0.1, 0.15) is 5.69 Å². The van der Waals surface area contributed by atoms with Gasteiger partial charge in [-0.25, -0.2) is 14.1 Å². The number of nitro benzene ring substituents is 1. The lowest BCUT2D eigenvalue weighted by atomic mass is 10.2. The Kier molecular flexibility index (Phi) is 5.02. The van der Waals surface area contributed by atoms with Crippen LogP contribution in [0.15, 0.2) is 36.5 Å². The zero-order chi connectivity index (χ0) is 19.6. The van der Waals surface area contributed by atoms with E-state index in [0.29, 0.717) is 5.82 Å². The first-order chi connectivity index (χ1) is 12.9. The van der Waals surface area contributed by atoms with Gasteiger partial charge in [-0.05, 0) is 31.5 Å². The molecule has 0 unspecified atom stereocenters. The molecule has 2 aromatic heterocycles. The summed E-state index contributed by atoms with van der Waals surface area (Å²) in [5.74, 6) is -0.175. The van der Waals surface area contributed by atoms with E-state index < -0.39 is 10.7 Å². The number of hydrogen-bond acceptors (Lipinski definition) is 6. The van der Waals surface area contributed by atoms with Crippen LogP contribution < -0.4 is 10.1 Å². The van der Waals surface area contributed by atoms with E-state index in [1.54, 1.807) is 10.9 Å². The van der Waals surface area contributed by atoms with E-state index in [9.17, 15) is 14.5 Å². The van der Waals surface area contributed by atoms with Gasteiger partial charge in [0.25, 0.3) is 5.69 Å². The number of rotatable bonds is 6. The van der Waals surface area contributed by atoms with Crippen molar-refractivity contribution in [2.45, 2.75) is 20.4 Å². The van der Waals surface area contributed by atoms with E-state index in [4.69, 9.17) is 4.74 Å². The number of pyridine rings is 1. The van der Waals surface area contributed by atoms with Crippen molar-refractivity contribution in [3.05, 3.63) is 69.4 Å². The van der Waals surface area contributed by atoms with Crippen LogP contribution in [0.5, 0.6) is 5.75 Å². The third-order valence-electron chi connectivity index (χ3n) is 3.99. The van der Waals surface area contributed by atoms with Gasteiger partial charge in [-0.2, -0.15) is 5.10 Å². The molecule has 2 heterocycles. The first kappa shape index (κ1) is 18.3. The molecule has 0 aliphatic rings. The Morgan fingerprint density at radius 2 is 2.07 bits per heavy atom. The van der Waals surface area contributed by atoms with Crippen LogP contribution in [0.2, 0.25) is 0 Å². The summed E-state index contributed by atoms with van der Waals surface area (Å²) in [6, 6.07) is 7.73. The molecule has 0 saturated carbocycles. The Balaban J connectivity index is 1.79. The minimum Gasteiger partial charge on any atom is -0.494 e. The van der Waals surface area contributed by atoms with Crippen LogP contribution in [-0.2, 0) is 6.54 Å². The molecule has 0 aliphatic carbocycles. The van der Waals surface area contributed by atoms with Crippen molar-refractivity contribution in [3.8, 4) is 11.6 Å². The lowest BCUT2D eigenvalue weighted by molar-refractivity contribution is -0.384. The van der Waals surface area contributed by atoms with Crippen molar-refractivity contribution in [1.82, 2.24) is 14.8 Å². The molecule has 0 bridgehead atoms. The highest BCUT2D eigenvalue weighted by molar-refractivity contribution is 5.64. The van der Waals surface area contributed by atoms with Gasteiger partial charge in [0.2, 0.25) is 0 Å². The highest BCUT2D eigenvalue weighted by atomic mass is 19.1. The number of halogens is 1. The van der Waals surface area contributed by atoms with Crippen LogP contribution in [0, 0.1) is 29.8 Å². The molecule has 3 aromatic rings. The minimum absolute atomic E-state index is 0.0684. The number of methoxy groups -OCH3 is 1. The average molecular weight is 371 g/mol. The molecule has 0 atom stereocenters. The van der Waals surface area contributed by atoms with Crippen molar-refractivity contribution in [2.75, 3.05) is 12.4 Å². The third-order valence-corrected chi connectivity index (χ3v) is 3.99. The summed E-state index contributed by atoms with van der Waals surface area (Å²) in [5, 5.41) is 18.5. The number of hydrogen-bond donors (Lipinski definition) is 1. The second kappa shape index (κ2) is 7.40. The summed E-state index contributed by atoms with van der Waals surface area (Å²) < 4.78 is 20.3. The summed E-state index contributed by atoms with van der Waals surface area (Å²) in [4.78, 5) is 14.9. The first-order valence-corrected chi connectivity index (χ1v) is 8.13. The number of nitrogens with one attached hydrogen (secondary N) is 1. The van der Waals surface area contributed by atoms with Gasteiger partial charge in [-0.3, -0.25) is 10.1 Å². The molecule has 0 spiro atoms. The van der Waals surface area contributed by atoms with Gasteiger partial charge in [-0.1, -0.05) is 6.07 Å². The molecule has 0 radical (unpaired) electrons. The van der Waals surface area contributed by atoms with E-state index in [0.717, 1.165) is 23.0 Å². The van der Waals surface area contributed by atoms with Gasteiger partial charge in [-0.15, -0.1) is 0 Å². The smallest absolute Gasteiger partial charge is 0.295 e. The maximum absolute atomic E-state index is 13.7. The number of aryl methyl sites for hydroxylation is 2. The Labute approximate surface area is 154 Å². The van der Waals surface area contributed by atoms with Crippen molar-refractivity contribution in [2.24, 2.45) is 0 Å². The summed E-state index contributed by atoms with van der Waals surface area (Å²) in [7, 11) is 1.30. The number of nitrogens with zero attached hydrogens (tertiary/aromatic N) is 4. The molecule has 0 amide bonds. The van der Waals surface area contributed by atoms with E-state index in [2.05, 4.69) is 15.4 Å². The van der Waals surface area contributed by atoms with Crippen LogP contribution in [0.25, 0.3) is 5.82 Å². The standard InChI is InChI=1S/C18H18FN5O3/c1-11-6-12(2)23(22-11)18-5-4-13(10-21-18)9-20-15-8-17(27-3)14(19)7-16(15)24(25)26/h4-8,10,20H,9H2,1-3H3. The fourth-order valence-electron chi connectivity index (χ4n) is 2.70. The second-order valence-corrected chi connectivity index (χ2v) is 5.98. The monoisotopic (exact) mass is 371 g/mol. The van der Waals surface area contributed by atoms with Gasteiger partial charge in [0, 0.05) is 24.5 Å². The zero-order valence-corrected chi connectivity index (χ0v) is 15.1. The van der Waals surface area contributed by atoms with Crippen LogP contribution >= 0.6 is 0 Å². The topological polar surface area (TPSA) is 95.1 Å².